The van der Waals surface area contributed by atoms with Crippen molar-refractivity contribution in [3.8, 4) is 0 Å². The van der Waals surface area contributed by atoms with Crippen molar-refractivity contribution in [3.05, 3.63) is 30.1 Å². The maximum Gasteiger partial charge on any atom is 0.227 e. The molecular weight excluding hydrogens is 340 g/mol. The Bertz CT molecular complexity index is 851. The molecule has 1 aromatic carbocycles. The standard InChI is InChI=1S/C21H28N4O2/c1-15(26)25-11-5-6-17(14-25)21(27)24-12-9-16(10-13-24)20-22-18-7-3-4-8-19(18)23(20)2/h3-4,7-8,16-17H,5-6,9-14H2,1-2H3/t17-/m0/s1. The molecule has 2 aromatic rings. The Balaban J connectivity index is 1.40. The molecule has 2 aliphatic heterocycles. The Hall–Kier alpha value is -2.37. The molecule has 144 valence electrons. The van der Waals surface area contributed by atoms with Crippen molar-refractivity contribution in [1.82, 2.24) is 19.4 Å². The third kappa shape index (κ3) is 3.45. The number of benzene rings is 1. The third-order valence-corrected chi connectivity index (χ3v) is 6.21. The molecule has 0 N–H and O–H groups in total. The highest BCUT2D eigenvalue weighted by atomic mass is 16.2. The molecule has 0 spiro atoms. The van der Waals surface area contributed by atoms with E-state index in [1.165, 1.54) is 0 Å². The Morgan fingerprint density at radius 2 is 1.78 bits per heavy atom. The van der Waals surface area contributed by atoms with Gasteiger partial charge in [-0.3, -0.25) is 9.59 Å². The number of hydrogen-bond donors (Lipinski definition) is 0. The molecule has 3 heterocycles. The summed E-state index contributed by atoms with van der Waals surface area (Å²) in [6.07, 6.45) is 3.72. The van der Waals surface area contributed by atoms with Gasteiger partial charge in [0.15, 0.2) is 0 Å². The van der Waals surface area contributed by atoms with Crippen LogP contribution in [0.2, 0.25) is 0 Å². The number of para-hydroxylation sites is 2. The van der Waals surface area contributed by atoms with E-state index < -0.39 is 0 Å². The third-order valence-electron chi connectivity index (χ3n) is 6.21. The smallest absolute Gasteiger partial charge is 0.227 e. The molecule has 0 saturated carbocycles. The molecule has 1 aromatic heterocycles. The van der Waals surface area contributed by atoms with Crippen LogP contribution in [0, 0.1) is 5.92 Å². The fourth-order valence-corrected chi connectivity index (χ4v) is 4.61. The number of nitrogens with zero attached hydrogens (tertiary/aromatic N) is 4. The highest BCUT2D eigenvalue weighted by Crippen LogP contribution is 2.30. The van der Waals surface area contributed by atoms with Gasteiger partial charge in [0.2, 0.25) is 11.8 Å². The molecule has 0 bridgehead atoms. The lowest BCUT2D eigenvalue weighted by molar-refractivity contribution is -0.141. The summed E-state index contributed by atoms with van der Waals surface area (Å²) in [5.41, 5.74) is 2.21. The van der Waals surface area contributed by atoms with Crippen molar-refractivity contribution >= 4 is 22.8 Å². The maximum absolute atomic E-state index is 12.9. The second kappa shape index (κ2) is 7.33. The Morgan fingerprint density at radius 1 is 1.04 bits per heavy atom. The first kappa shape index (κ1) is 18.0. The first-order valence-electron chi connectivity index (χ1n) is 10.00. The monoisotopic (exact) mass is 368 g/mol. The normalized spacial score (nSPS) is 21.6. The van der Waals surface area contributed by atoms with Gasteiger partial charge in [0.25, 0.3) is 0 Å². The molecule has 6 nitrogen and oxygen atoms in total. The Morgan fingerprint density at radius 3 is 2.48 bits per heavy atom. The minimum Gasteiger partial charge on any atom is -0.342 e. The summed E-state index contributed by atoms with van der Waals surface area (Å²) in [6.45, 7) is 4.52. The number of hydrogen-bond acceptors (Lipinski definition) is 3. The van der Waals surface area contributed by atoms with E-state index in [0.717, 1.165) is 62.2 Å². The predicted octanol–water partition coefficient (Wildman–Crippen LogP) is 2.54. The number of carbonyl (C=O) groups excluding carboxylic acids is 2. The van der Waals surface area contributed by atoms with Crippen molar-refractivity contribution in [3.63, 3.8) is 0 Å². The summed E-state index contributed by atoms with van der Waals surface area (Å²) in [7, 11) is 2.08. The summed E-state index contributed by atoms with van der Waals surface area (Å²) in [4.78, 5) is 33.2. The zero-order chi connectivity index (χ0) is 19.0. The second-order valence-electron chi connectivity index (χ2n) is 7.92. The predicted molar refractivity (Wildman–Crippen MR) is 104 cm³/mol. The van der Waals surface area contributed by atoms with Gasteiger partial charge < -0.3 is 14.4 Å². The first-order valence-corrected chi connectivity index (χ1v) is 10.00. The number of rotatable bonds is 2. The summed E-state index contributed by atoms with van der Waals surface area (Å²) < 4.78 is 2.20. The summed E-state index contributed by atoms with van der Waals surface area (Å²) in [6, 6.07) is 8.23. The number of carbonyl (C=O) groups is 2. The minimum absolute atomic E-state index is 0.0325. The highest BCUT2D eigenvalue weighted by molar-refractivity contribution is 5.81. The molecule has 1 atom stereocenters. The van der Waals surface area contributed by atoms with Crippen molar-refractivity contribution in [1.29, 1.82) is 0 Å². The van der Waals surface area contributed by atoms with Crippen LogP contribution in [0.1, 0.15) is 44.3 Å². The van der Waals surface area contributed by atoms with Gasteiger partial charge >= 0.3 is 0 Å². The van der Waals surface area contributed by atoms with E-state index in [-0.39, 0.29) is 17.7 Å². The Labute approximate surface area is 160 Å². The molecule has 2 aliphatic rings. The maximum atomic E-state index is 12.9. The molecule has 0 unspecified atom stereocenters. The van der Waals surface area contributed by atoms with E-state index in [0.29, 0.717) is 12.5 Å². The SMILES string of the molecule is CC(=O)N1CCC[C@H](C(=O)N2CCC(c3nc4ccccc4n3C)CC2)C1. The van der Waals surface area contributed by atoms with E-state index in [1.54, 1.807) is 6.92 Å². The largest absolute Gasteiger partial charge is 0.342 e. The van der Waals surface area contributed by atoms with Crippen LogP contribution in [0.25, 0.3) is 11.0 Å². The number of aryl methyl sites for hydroxylation is 1. The van der Waals surface area contributed by atoms with E-state index in [9.17, 15) is 9.59 Å². The summed E-state index contributed by atoms with van der Waals surface area (Å²) in [5.74, 6) is 1.79. The molecule has 27 heavy (non-hydrogen) atoms. The lowest BCUT2D eigenvalue weighted by Gasteiger charge is -2.37. The van der Waals surface area contributed by atoms with Crippen LogP contribution < -0.4 is 0 Å². The molecule has 2 fully saturated rings. The fourth-order valence-electron chi connectivity index (χ4n) is 4.61. The van der Waals surface area contributed by atoms with E-state index in [1.807, 2.05) is 21.9 Å². The lowest BCUT2D eigenvalue weighted by Crippen LogP contribution is -2.48. The first-order chi connectivity index (χ1) is 13.0. The van der Waals surface area contributed by atoms with Crippen LogP contribution in [0.3, 0.4) is 0 Å². The van der Waals surface area contributed by atoms with E-state index in [2.05, 4.69) is 23.7 Å². The fraction of sp³-hybridized carbons (Fsp3) is 0.571. The average Bonchev–Trinajstić information content (AvgIpc) is 3.04. The Kier molecular flexibility index (Phi) is 4.89. The van der Waals surface area contributed by atoms with Crippen LogP contribution in [-0.4, -0.2) is 57.3 Å². The molecule has 6 heteroatoms. The van der Waals surface area contributed by atoms with Gasteiger partial charge in [-0.1, -0.05) is 12.1 Å². The molecule has 0 radical (unpaired) electrons. The van der Waals surface area contributed by atoms with Gasteiger partial charge in [0, 0.05) is 46.1 Å². The van der Waals surface area contributed by atoms with Crippen molar-refractivity contribution < 1.29 is 9.59 Å². The zero-order valence-electron chi connectivity index (χ0n) is 16.2. The quantitative estimate of drug-likeness (QED) is 0.818. The number of piperidine rings is 2. The van der Waals surface area contributed by atoms with E-state index >= 15 is 0 Å². The van der Waals surface area contributed by atoms with Crippen LogP contribution in [0.5, 0.6) is 0 Å². The van der Waals surface area contributed by atoms with Crippen LogP contribution in [-0.2, 0) is 16.6 Å². The van der Waals surface area contributed by atoms with Gasteiger partial charge in [-0.25, -0.2) is 4.98 Å². The topological polar surface area (TPSA) is 58.4 Å². The number of aromatic nitrogens is 2. The number of likely N-dealkylation sites (tertiary alicyclic amines) is 2. The van der Waals surface area contributed by atoms with Crippen LogP contribution >= 0.6 is 0 Å². The second-order valence-corrected chi connectivity index (χ2v) is 7.92. The summed E-state index contributed by atoms with van der Waals surface area (Å²) >= 11 is 0. The number of amides is 2. The minimum atomic E-state index is -0.0325. The van der Waals surface area contributed by atoms with Crippen molar-refractivity contribution in [2.75, 3.05) is 26.2 Å². The van der Waals surface area contributed by atoms with Gasteiger partial charge in [0.1, 0.15) is 5.82 Å². The van der Waals surface area contributed by atoms with Gasteiger partial charge in [0.05, 0.1) is 17.0 Å². The molecule has 2 saturated heterocycles. The molecule has 4 rings (SSSR count). The summed E-state index contributed by atoms with van der Waals surface area (Å²) in [5, 5.41) is 0. The lowest BCUT2D eigenvalue weighted by atomic mass is 9.92. The van der Waals surface area contributed by atoms with Gasteiger partial charge in [-0.05, 0) is 37.8 Å². The zero-order valence-corrected chi connectivity index (χ0v) is 16.2. The van der Waals surface area contributed by atoms with E-state index in [4.69, 9.17) is 4.98 Å². The van der Waals surface area contributed by atoms with Crippen molar-refractivity contribution in [2.24, 2.45) is 13.0 Å². The van der Waals surface area contributed by atoms with Gasteiger partial charge in [-0.2, -0.15) is 0 Å². The molecular formula is C21H28N4O2. The van der Waals surface area contributed by atoms with Crippen LogP contribution in [0.15, 0.2) is 24.3 Å². The molecule has 0 aliphatic carbocycles. The number of fused-ring (bicyclic) bond motifs is 1. The highest BCUT2D eigenvalue weighted by Gasteiger charge is 2.33. The average molecular weight is 368 g/mol. The van der Waals surface area contributed by atoms with Gasteiger partial charge in [-0.15, -0.1) is 0 Å². The molecule has 2 amide bonds. The van der Waals surface area contributed by atoms with Crippen molar-refractivity contribution in [2.45, 2.75) is 38.5 Å². The number of imidazole rings is 1. The van der Waals surface area contributed by atoms with Crippen LogP contribution in [0.4, 0.5) is 0 Å².